The third-order valence-corrected chi connectivity index (χ3v) is 4.11. The molecule has 0 bridgehead atoms. The lowest BCUT2D eigenvalue weighted by molar-refractivity contribution is -0.380. The molecule has 0 saturated heterocycles. The number of fused-ring (bicyclic) bond motifs is 1. The summed E-state index contributed by atoms with van der Waals surface area (Å²) in [5, 5.41) is 12.2. The first-order chi connectivity index (χ1) is 11.6. The van der Waals surface area contributed by atoms with Gasteiger partial charge in [-0.1, -0.05) is 17.4 Å². The Kier molecular flexibility index (Phi) is 4.76. The van der Waals surface area contributed by atoms with Gasteiger partial charge in [-0.25, -0.2) is 4.79 Å². The molecule has 8 heteroatoms. The van der Waals surface area contributed by atoms with E-state index in [0.717, 1.165) is 16.9 Å². The van der Waals surface area contributed by atoms with E-state index in [4.69, 9.17) is 14.2 Å². The number of ether oxygens (including phenoxy) is 3. The number of nitrogens with zero attached hydrogens (tertiary/aromatic N) is 1. The molecule has 3 rings (SSSR count). The molecule has 2 aromatic rings. The van der Waals surface area contributed by atoms with Crippen molar-refractivity contribution in [2.75, 3.05) is 13.2 Å². The second kappa shape index (κ2) is 7.14. The Morgan fingerprint density at radius 1 is 1.29 bits per heavy atom. The van der Waals surface area contributed by atoms with Gasteiger partial charge in [0.1, 0.15) is 19.8 Å². The maximum atomic E-state index is 11.7. The van der Waals surface area contributed by atoms with Crippen molar-refractivity contribution in [3.05, 3.63) is 57.0 Å². The van der Waals surface area contributed by atoms with Crippen molar-refractivity contribution in [3.8, 4) is 11.5 Å². The molecule has 0 N–H and O–H groups in total. The molecule has 124 valence electrons. The van der Waals surface area contributed by atoms with Crippen molar-refractivity contribution in [2.24, 2.45) is 0 Å². The van der Waals surface area contributed by atoms with E-state index >= 15 is 0 Å². The van der Waals surface area contributed by atoms with Gasteiger partial charge in [-0.05, 0) is 23.8 Å². The first-order valence-electron chi connectivity index (χ1n) is 7.08. The highest BCUT2D eigenvalue weighted by molar-refractivity contribution is 7.13. The molecule has 0 unspecified atom stereocenters. The largest absolute Gasteiger partial charge is 0.486 e. The van der Waals surface area contributed by atoms with Crippen LogP contribution in [-0.2, 0) is 16.1 Å². The summed E-state index contributed by atoms with van der Waals surface area (Å²) in [5.74, 6) is 0.793. The quantitative estimate of drug-likeness (QED) is 0.357. The Labute approximate surface area is 141 Å². The smallest absolute Gasteiger partial charge is 0.331 e. The Hall–Kier alpha value is -2.87. The zero-order valence-electron chi connectivity index (χ0n) is 12.5. The predicted octanol–water partition coefficient (Wildman–Crippen LogP) is 3.18. The van der Waals surface area contributed by atoms with Crippen molar-refractivity contribution >= 4 is 28.4 Å². The minimum absolute atomic E-state index is 0.00531. The molecule has 0 saturated carbocycles. The third-order valence-electron chi connectivity index (χ3n) is 3.18. The average Bonchev–Trinajstić information content (AvgIpc) is 3.07. The third kappa shape index (κ3) is 3.90. The van der Waals surface area contributed by atoms with E-state index in [1.807, 2.05) is 0 Å². The van der Waals surface area contributed by atoms with E-state index < -0.39 is 10.9 Å². The fourth-order valence-electron chi connectivity index (χ4n) is 2.06. The molecule has 0 spiro atoms. The molecule has 0 aliphatic carbocycles. The maximum Gasteiger partial charge on any atom is 0.331 e. The maximum absolute atomic E-state index is 11.7. The Morgan fingerprint density at radius 3 is 2.83 bits per heavy atom. The zero-order chi connectivity index (χ0) is 16.9. The molecule has 1 aliphatic rings. The molecule has 24 heavy (non-hydrogen) atoms. The van der Waals surface area contributed by atoms with Crippen LogP contribution in [0.2, 0.25) is 0 Å². The number of thiophene rings is 1. The van der Waals surface area contributed by atoms with Gasteiger partial charge in [0.05, 0.1) is 4.92 Å². The van der Waals surface area contributed by atoms with E-state index in [1.165, 1.54) is 12.1 Å². The highest BCUT2D eigenvalue weighted by atomic mass is 32.1. The van der Waals surface area contributed by atoms with Gasteiger partial charge >= 0.3 is 11.0 Å². The standard InChI is InChI=1S/C16H13NO6S/c18-16(23-9-12-8-15(17(19)20)24-10-12)4-2-11-1-3-13-14(7-11)22-6-5-21-13/h1-4,7-8,10H,5-6,9H2/b4-2+. The van der Waals surface area contributed by atoms with Crippen LogP contribution in [-0.4, -0.2) is 24.1 Å². The van der Waals surface area contributed by atoms with Crippen LogP contribution in [0.1, 0.15) is 11.1 Å². The van der Waals surface area contributed by atoms with Crippen LogP contribution in [0.3, 0.4) is 0 Å². The molecule has 0 fully saturated rings. The van der Waals surface area contributed by atoms with Gasteiger partial charge in [0, 0.05) is 23.1 Å². The molecule has 1 aliphatic heterocycles. The fourth-order valence-corrected chi connectivity index (χ4v) is 2.78. The highest BCUT2D eigenvalue weighted by Gasteiger charge is 2.12. The molecule has 0 radical (unpaired) electrons. The van der Waals surface area contributed by atoms with Crippen LogP contribution in [0.5, 0.6) is 11.5 Å². The lowest BCUT2D eigenvalue weighted by Gasteiger charge is -2.18. The lowest BCUT2D eigenvalue weighted by Crippen LogP contribution is -2.15. The van der Waals surface area contributed by atoms with Crippen LogP contribution in [0.4, 0.5) is 5.00 Å². The van der Waals surface area contributed by atoms with Crippen LogP contribution in [0.25, 0.3) is 6.08 Å². The van der Waals surface area contributed by atoms with Gasteiger partial charge in [0.2, 0.25) is 0 Å². The van der Waals surface area contributed by atoms with E-state index in [2.05, 4.69) is 0 Å². The SMILES string of the molecule is O=C(/C=C/c1ccc2c(c1)OCCO2)OCc1csc([N+](=O)[O-])c1. The normalized spacial score (nSPS) is 13.0. The number of rotatable bonds is 5. The summed E-state index contributed by atoms with van der Waals surface area (Å²) in [6, 6.07) is 6.76. The van der Waals surface area contributed by atoms with Crippen LogP contribution < -0.4 is 9.47 Å². The van der Waals surface area contributed by atoms with Crippen molar-refractivity contribution in [3.63, 3.8) is 0 Å². The summed E-state index contributed by atoms with van der Waals surface area (Å²) < 4.78 is 15.9. The van der Waals surface area contributed by atoms with Gasteiger partial charge in [-0.15, -0.1) is 0 Å². The van der Waals surface area contributed by atoms with Crippen molar-refractivity contribution < 1.29 is 23.9 Å². The fraction of sp³-hybridized carbons (Fsp3) is 0.188. The molecular weight excluding hydrogens is 334 g/mol. The molecule has 7 nitrogen and oxygen atoms in total. The van der Waals surface area contributed by atoms with Gasteiger partial charge < -0.3 is 14.2 Å². The predicted molar refractivity (Wildman–Crippen MR) is 87.2 cm³/mol. The van der Waals surface area contributed by atoms with Crippen molar-refractivity contribution in [2.45, 2.75) is 6.61 Å². The number of nitro groups is 1. The zero-order valence-corrected chi connectivity index (χ0v) is 13.3. The molecule has 0 amide bonds. The second-order valence-corrected chi connectivity index (χ2v) is 5.78. The summed E-state index contributed by atoms with van der Waals surface area (Å²) in [4.78, 5) is 21.8. The van der Waals surface area contributed by atoms with E-state index in [0.29, 0.717) is 30.3 Å². The van der Waals surface area contributed by atoms with Gasteiger partial charge in [0.25, 0.3) is 0 Å². The number of carbonyl (C=O) groups is 1. The lowest BCUT2D eigenvalue weighted by atomic mass is 10.2. The van der Waals surface area contributed by atoms with Gasteiger partial charge in [-0.3, -0.25) is 10.1 Å². The summed E-state index contributed by atoms with van der Waals surface area (Å²) >= 11 is 0.998. The van der Waals surface area contributed by atoms with Crippen molar-refractivity contribution in [1.29, 1.82) is 0 Å². The molecular formula is C16H13NO6S. The Bertz CT molecular complexity index is 798. The van der Waals surface area contributed by atoms with Crippen LogP contribution in [0.15, 0.2) is 35.7 Å². The number of carbonyl (C=O) groups excluding carboxylic acids is 1. The number of esters is 1. The summed E-state index contributed by atoms with van der Waals surface area (Å²) in [5.41, 5.74) is 1.37. The molecule has 2 heterocycles. The number of benzene rings is 1. The first-order valence-corrected chi connectivity index (χ1v) is 7.96. The summed E-state index contributed by atoms with van der Waals surface area (Å²) in [6.07, 6.45) is 2.91. The number of hydrogen-bond donors (Lipinski definition) is 0. The van der Waals surface area contributed by atoms with E-state index in [-0.39, 0.29) is 11.6 Å². The van der Waals surface area contributed by atoms with E-state index in [1.54, 1.807) is 29.7 Å². The minimum atomic E-state index is -0.529. The van der Waals surface area contributed by atoms with E-state index in [9.17, 15) is 14.9 Å². The topological polar surface area (TPSA) is 87.9 Å². The minimum Gasteiger partial charge on any atom is -0.486 e. The second-order valence-electron chi connectivity index (χ2n) is 4.89. The summed E-state index contributed by atoms with van der Waals surface area (Å²) in [6.45, 7) is 1.01. The van der Waals surface area contributed by atoms with Crippen LogP contribution >= 0.6 is 11.3 Å². The summed E-state index contributed by atoms with van der Waals surface area (Å²) in [7, 11) is 0. The van der Waals surface area contributed by atoms with Crippen LogP contribution in [0, 0.1) is 10.1 Å². The molecule has 1 aromatic heterocycles. The molecule has 0 atom stereocenters. The Balaban J connectivity index is 1.56. The first kappa shape index (κ1) is 16.0. The Morgan fingerprint density at radius 2 is 2.08 bits per heavy atom. The highest BCUT2D eigenvalue weighted by Crippen LogP contribution is 2.31. The van der Waals surface area contributed by atoms with Gasteiger partial charge in [0.15, 0.2) is 11.5 Å². The molecule has 1 aromatic carbocycles. The monoisotopic (exact) mass is 347 g/mol. The number of hydrogen-bond acceptors (Lipinski definition) is 7. The van der Waals surface area contributed by atoms with Crippen molar-refractivity contribution in [1.82, 2.24) is 0 Å². The van der Waals surface area contributed by atoms with Gasteiger partial charge in [-0.2, -0.15) is 0 Å². The average molecular weight is 347 g/mol.